The molecule has 5 rings (SSSR count). The Morgan fingerprint density at radius 1 is 0.725 bits per heavy atom. The molecule has 1 saturated heterocycles. The van der Waals surface area contributed by atoms with Gasteiger partial charge in [-0.25, -0.2) is 8.42 Å². The zero-order valence-corrected chi connectivity index (χ0v) is 23.8. The molecule has 4 aromatic carbocycles. The van der Waals surface area contributed by atoms with Crippen molar-refractivity contribution in [1.82, 2.24) is 9.80 Å². The van der Waals surface area contributed by atoms with Crippen LogP contribution in [0, 0.1) is 13.8 Å². The Balaban J connectivity index is 1.36. The van der Waals surface area contributed by atoms with Crippen LogP contribution in [0.4, 0.5) is 5.69 Å². The molecule has 0 spiro atoms. The highest BCUT2D eigenvalue weighted by Crippen LogP contribution is 2.30. The Morgan fingerprint density at radius 3 is 1.70 bits per heavy atom. The minimum atomic E-state index is -3.94. The van der Waals surface area contributed by atoms with E-state index in [0.29, 0.717) is 31.9 Å². The molecule has 6 nitrogen and oxygen atoms in total. The fourth-order valence-corrected chi connectivity index (χ4v) is 6.89. The minimum absolute atomic E-state index is 0.0879. The van der Waals surface area contributed by atoms with Crippen LogP contribution >= 0.6 is 0 Å². The van der Waals surface area contributed by atoms with Crippen molar-refractivity contribution in [2.75, 3.05) is 37.0 Å². The largest absolute Gasteiger partial charge is 0.339 e. The number of anilines is 1. The molecular formula is C33H35N3O3S. The number of piperazine rings is 1. The van der Waals surface area contributed by atoms with E-state index in [4.69, 9.17) is 0 Å². The van der Waals surface area contributed by atoms with Gasteiger partial charge in [0.25, 0.3) is 10.0 Å². The van der Waals surface area contributed by atoms with E-state index < -0.39 is 10.0 Å². The fourth-order valence-electron chi connectivity index (χ4n) is 5.47. The van der Waals surface area contributed by atoms with Crippen molar-refractivity contribution in [1.29, 1.82) is 0 Å². The van der Waals surface area contributed by atoms with E-state index in [1.165, 1.54) is 15.4 Å². The van der Waals surface area contributed by atoms with E-state index in [2.05, 4.69) is 53.4 Å². The standard InChI is InChI=1S/C33H35N3O3S/c1-26-22-27(2)24-30(23-26)36(40(38,39)31-16-10-5-11-17-31)25-32(37)34-18-20-35(21-19-34)33(28-12-6-3-7-13-28)29-14-8-4-9-15-29/h3-17,22-24,33H,18-21,25H2,1-2H3. The van der Waals surface area contributed by atoms with Crippen molar-refractivity contribution < 1.29 is 13.2 Å². The third-order valence-corrected chi connectivity index (χ3v) is 9.16. The molecule has 1 aliphatic rings. The zero-order valence-electron chi connectivity index (χ0n) is 23.0. The molecule has 40 heavy (non-hydrogen) atoms. The lowest BCUT2D eigenvalue weighted by Gasteiger charge is -2.40. The second-order valence-corrected chi connectivity index (χ2v) is 12.2. The highest BCUT2D eigenvalue weighted by Gasteiger charge is 2.32. The van der Waals surface area contributed by atoms with Gasteiger partial charge < -0.3 is 4.90 Å². The first-order valence-corrected chi connectivity index (χ1v) is 15.0. The summed E-state index contributed by atoms with van der Waals surface area (Å²) in [5, 5.41) is 0. The third-order valence-electron chi connectivity index (χ3n) is 7.37. The lowest BCUT2D eigenvalue weighted by atomic mass is 9.96. The number of aryl methyl sites for hydroxylation is 2. The summed E-state index contributed by atoms with van der Waals surface area (Å²) in [5.74, 6) is -0.200. The molecule has 1 amide bonds. The lowest BCUT2D eigenvalue weighted by Crippen LogP contribution is -2.52. The summed E-state index contributed by atoms with van der Waals surface area (Å²) in [6.45, 7) is 6.05. The van der Waals surface area contributed by atoms with E-state index in [1.807, 2.05) is 44.2 Å². The molecule has 1 heterocycles. The Bertz CT molecular complexity index is 1480. The number of hydrogen-bond donors (Lipinski definition) is 0. The molecule has 0 aliphatic carbocycles. The number of carbonyl (C=O) groups is 1. The Kier molecular flexibility index (Phi) is 8.33. The predicted octanol–water partition coefficient (Wildman–Crippen LogP) is 5.43. The maximum absolute atomic E-state index is 13.8. The minimum Gasteiger partial charge on any atom is -0.339 e. The van der Waals surface area contributed by atoms with Gasteiger partial charge in [-0.3, -0.25) is 14.0 Å². The maximum Gasteiger partial charge on any atom is 0.264 e. The average Bonchev–Trinajstić information content (AvgIpc) is 2.97. The molecule has 0 N–H and O–H groups in total. The lowest BCUT2D eigenvalue weighted by molar-refractivity contribution is -0.131. The quantitative estimate of drug-likeness (QED) is 0.292. The Morgan fingerprint density at radius 2 is 1.20 bits per heavy atom. The summed E-state index contributed by atoms with van der Waals surface area (Å²) in [4.78, 5) is 18.0. The van der Waals surface area contributed by atoms with Gasteiger partial charge in [-0.1, -0.05) is 84.9 Å². The first-order chi connectivity index (χ1) is 19.3. The van der Waals surface area contributed by atoms with E-state index in [0.717, 1.165) is 11.1 Å². The normalized spacial score (nSPS) is 14.3. The van der Waals surface area contributed by atoms with Crippen LogP contribution in [0.1, 0.15) is 28.3 Å². The van der Waals surface area contributed by atoms with Crippen LogP contribution in [0.2, 0.25) is 0 Å². The second kappa shape index (κ2) is 12.1. The summed E-state index contributed by atoms with van der Waals surface area (Å²) in [6, 6.07) is 34.9. The topological polar surface area (TPSA) is 60.9 Å². The highest BCUT2D eigenvalue weighted by molar-refractivity contribution is 7.92. The first-order valence-electron chi connectivity index (χ1n) is 13.6. The van der Waals surface area contributed by atoms with Gasteiger partial charge in [0.2, 0.25) is 5.91 Å². The smallest absolute Gasteiger partial charge is 0.264 e. The van der Waals surface area contributed by atoms with Gasteiger partial charge in [0.05, 0.1) is 16.6 Å². The van der Waals surface area contributed by atoms with Crippen molar-refractivity contribution in [3.05, 3.63) is 131 Å². The van der Waals surface area contributed by atoms with E-state index in [1.54, 1.807) is 35.2 Å². The Labute approximate surface area is 237 Å². The van der Waals surface area contributed by atoms with Gasteiger partial charge in [0.15, 0.2) is 0 Å². The molecule has 0 atom stereocenters. The SMILES string of the molecule is Cc1cc(C)cc(N(CC(=O)N2CCN(C(c3ccccc3)c3ccccc3)CC2)S(=O)(=O)c2ccccc2)c1. The van der Waals surface area contributed by atoms with Crippen molar-refractivity contribution in [3.63, 3.8) is 0 Å². The van der Waals surface area contributed by atoms with Gasteiger partial charge >= 0.3 is 0 Å². The molecule has 0 bridgehead atoms. The van der Waals surface area contributed by atoms with Crippen molar-refractivity contribution >= 4 is 21.6 Å². The van der Waals surface area contributed by atoms with Gasteiger partial charge in [-0.05, 0) is 60.4 Å². The van der Waals surface area contributed by atoms with Gasteiger partial charge in [-0.2, -0.15) is 0 Å². The number of rotatable bonds is 8. The van der Waals surface area contributed by atoms with Gasteiger partial charge in [0.1, 0.15) is 6.54 Å². The van der Waals surface area contributed by atoms with E-state index >= 15 is 0 Å². The molecule has 206 valence electrons. The van der Waals surface area contributed by atoms with Crippen LogP contribution in [0.5, 0.6) is 0 Å². The molecule has 0 aromatic heterocycles. The zero-order chi connectivity index (χ0) is 28.1. The molecule has 1 fully saturated rings. The van der Waals surface area contributed by atoms with Crippen LogP contribution in [0.15, 0.2) is 114 Å². The van der Waals surface area contributed by atoms with Crippen LogP contribution in [0.25, 0.3) is 0 Å². The van der Waals surface area contributed by atoms with E-state index in [9.17, 15) is 13.2 Å². The van der Waals surface area contributed by atoms with Crippen molar-refractivity contribution in [3.8, 4) is 0 Å². The number of nitrogens with zero attached hydrogens (tertiary/aromatic N) is 3. The number of carbonyl (C=O) groups excluding carboxylic acids is 1. The van der Waals surface area contributed by atoms with Crippen LogP contribution in [-0.2, 0) is 14.8 Å². The molecule has 0 unspecified atom stereocenters. The summed E-state index contributed by atoms with van der Waals surface area (Å²) >= 11 is 0. The van der Waals surface area contributed by atoms with Crippen molar-refractivity contribution in [2.24, 2.45) is 0 Å². The second-order valence-electron chi connectivity index (χ2n) is 10.3. The number of sulfonamides is 1. The van der Waals surface area contributed by atoms with Crippen LogP contribution in [-0.4, -0.2) is 56.8 Å². The average molecular weight is 554 g/mol. The van der Waals surface area contributed by atoms with Crippen molar-refractivity contribution in [2.45, 2.75) is 24.8 Å². The third kappa shape index (κ3) is 6.11. The summed E-state index contributed by atoms with van der Waals surface area (Å²) in [5.41, 5.74) is 4.81. The monoisotopic (exact) mass is 553 g/mol. The molecular weight excluding hydrogens is 518 g/mol. The highest BCUT2D eigenvalue weighted by atomic mass is 32.2. The summed E-state index contributed by atoms with van der Waals surface area (Å²) in [6.07, 6.45) is 0. The first kappa shape index (κ1) is 27.6. The molecule has 4 aromatic rings. The molecule has 0 radical (unpaired) electrons. The molecule has 0 saturated carbocycles. The number of benzene rings is 4. The molecule has 7 heteroatoms. The molecule has 1 aliphatic heterocycles. The predicted molar refractivity (Wildman–Crippen MR) is 160 cm³/mol. The Hall–Kier alpha value is -3.94. The van der Waals surface area contributed by atoms with Crippen LogP contribution in [0.3, 0.4) is 0 Å². The summed E-state index contributed by atoms with van der Waals surface area (Å²) < 4.78 is 28.8. The van der Waals surface area contributed by atoms with E-state index in [-0.39, 0.29) is 23.4 Å². The van der Waals surface area contributed by atoms with Gasteiger partial charge in [-0.15, -0.1) is 0 Å². The number of amides is 1. The maximum atomic E-state index is 13.8. The summed E-state index contributed by atoms with van der Waals surface area (Å²) in [7, 11) is -3.94. The van der Waals surface area contributed by atoms with Crippen LogP contribution < -0.4 is 4.31 Å². The fraction of sp³-hybridized carbons (Fsp3) is 0.242. The van der Waals surface area contributed by atoms with Gasteiger partial charge in [0, 0.05) is 26.2 Å². The number of hydrogen-bond acceptors (Lipinski definition) is 4.